The lowest BCUT2D eigenvalue weighted by molar-refractivity contribution is 0.391. The number of aromatic nitrogens is 4. The topological polar surface area (TPSA) is 76.7 Å². The molecule has 126 valence electrons. The molecule has 0 radical (unpaired) electrons. The summed E-state index contributed by atoms with van der Waals surface area (Å²) in [4.78, 5) is 4.46. The third-order valence-electron chi connectivity index (χ3n) is 3.36. The lowest BCUT2D eigenvalue weighted by Crippen LogP contribution is -1.94. The van der Waals surface area contributed by atoms with Gasteiger partial charge in [0, 0.05) is 12.1 Å². The van der Waals surface area contributed by atoms with Crippen molar-refractivity contribution in [2.75, 3.05) is 11.9 Å². The van der Waals surface area contributed by atoms with Gasteiger partial charge in [-0.15, -0.1) is 10.2 Å². The minimum atomic E-state index is 0.510. The van der Waals surface area contributed by atoms with Gasteiger partial charge in [0.2, 0.25) is 16.8 Å². The Morgan fingerprint density at radius 1 is 1.21 bits per heavy atom. The highest BCUT2D eigenvalue weighted by atomic mass is 32.2. The Morgan fingerprint density at radius 2 is 2.00 bits per heavy atom. The molecule has 0 saturated carbocycles. The van der Waals surface area contributed by atoms with Gasteiger partial charge < -0.3 is 9.84 Å². The Hall–Kier alpha value is -1.93. The number of thioether (sulfide) groups is 1. The lowest BCUT2D eigenvalue weighted by Gasteiger charge is -2.04. The van der Waals surface area contributed by atoms with Gasteiger partial charge in [-0.2, -0.15) is 4.98 Å². The number of nitrogens with zero attached hydrogens (tertiary/aromatic N) is 4. The second-order valence-electron chi connectivity index (χ2n) is 5.48. The smallest absolute Gasteiger partial charge is 0.237 e. The van der Waals surface area contributed by atoms with Gasteiger partial charge in [0.05, 0.1) is 5.75 Å². The van der Waals surface area contributed by atoms with Gasteiger partial charge in [-0.05, 0) is 18.4 Å². The fourth-order valence-electron chi connectivity index (χ4n) is 2.06. The molecule has 0 unspecified atom stereocenters. The molecule has 0 bridgehead atoms. The minimum Gasteiger partial charge on any atom is -0.360 e. The van der Waals surface area contributed by atoms with Gasteiger partial charge >= 0.3 is 0 Å². The van der Waals surface area contributed by atoms with E-state index in [1.807, 2.05) is 19.1 Å². The van der Waals surface area contributed by atoms with E-state index in [1.165, 1.54) is 16.9 Å². The van der Waals surface area contributed by atoms with Crippen LogP contribution in [0.25, 0.3) is 11.4 Å². The van der Waals surface area contributed by atoms with Crippen LogP contribution in [0.1, 0.15) is 38.1 Å². The fourth-order valence-corrected chi connectivity index (χ4v) is 3.72. The van der Waals surface area contributed by atoms with Gasteiger partial charge in [-0.25, -0.2) is 0 Å². The predicted octanol–water partition coefficient (Wildman–Crippen LogP) is 4.44. The molecule has 0 aliphatic carbocycles. The SMILES string of the molecule is CCNc1nnc(SCc2nc(-c3ccc(C(C)C)cc3)no2)s1. The van der Waals surface area contributed by atoms with Crippen molar-refractivity contribution in [2.24, 2.45) is 0 Å². The number of nitrogens with one attached hydrogen (secondary N) is 1. The number of rotatable bonds is 7. The monoisotopic (exact) mass is 361 g/mol. The molecule has 2 aromatic heterocycles. The van der Waals surface area contributed by atoms with E-state index in [1.54, 1.807) is 11.8 Å². The standard InChI is InChI=1S/C16H19N5OS2/c1-4-17-15-19-20-16(24-15)23-9-13-18-14(21-22-13)12-7-5-11(6-8-12)10(2)3/h5-8,10H,4,9H2,1-3H3,(H,17,19). The van der Waals surface area contributed by atoms with Gasteiger partial charge in [0.25, 0.3) is 0 Å². The normalized spacial score (nSPS) is 11.2. The Labute approximate surface area is 149 Å². The first-order valence-electron chi connectivity index (χ1n) is 7.78. The first-order chi connectivity index (χ1) is 11.7. The number of anilines is 1. The third kappa shape index (κ3) is 4.12. The molecule has 3 aromatic rings. The van der Waals surface area contributed by atoms with E-state index in [-0.39, 0.29) is 0 Å². The summed E-state index contributed by atoms with van der Waals surface area (Å²) in [6.45, 7) is 7.21. The molecule has 8 heteroatoms. The Bertz CT molecular complexity index is 782. The van der Waals surface area contributed by atoms with Gasteiger partial charge in [-0.1, -0.05) is 66.4 Å². The Morgan fingerprint density at radius 3 is 2.71 bits per heavy atom. The van der Waals surface area contributed by atoms with Crippen LogP contribution in [0.2, 0.25) is 0 Å². The van der Waals surface area contributed by atoms with Crippen molar-refractivity contribution < 1.29 is 4.52 Å². The summed E-state index contributed by atoms with van der Waals surface area (Å²) in [5, 5.41) is 16.2. The van der Waals surface area contributed by atoms with E-state index in [4.69, 9.17) is 4.52 Å². The highest BCUT2D eigenvalue weighted by Crippen LogP contribution is 2.28. The molecule has 2 heterocycles. The highest BCUT2D eigenvalue weighted by molar-refractivity contribution is 8.00. The number of hydrogen-bond donors (Lipinski definition) is 1. The average Bonchev–Trinajstić information content (AvgIpc) is 3.23. The molecular formula is C16H19N5OS2. The summed E-state index contributed by atoms with van der Waals surface area (Å²) in [6.07, 6.45) is 0. The summed E-state index contributed by atoms with van der Waals surface area (Å²) in [5.74, 6) is 2.29. The van der Waals surface area contributed by atoms with Gasteiger partial charge in [-0.3, -0.25) is 0 Å². The number of hydrogen-bond acceptors (Lipinski definition) is 8. The van der Waals surface area contributed by atoms with Crippen molar-refractivity contribution >= 4 is 28.2 Å². The Kier molecular flexibility index (Phi) is 5.47. The average molecular weight is 361 g/mol. The molecule has 0 fully saturated rings. The van der Waals surface area contributed by atoms with Crippen LogP contribution in [0, 0.1) is 0 Å². The van der Waals surface area contributed by atoms with Crippen molar-refractivity contribution in [2.45, 2.75) is 36.8 Å². The maximum absolute atomic E-state index is 5.33. The van der Waals surface area contributed by atoms with Crippen LogP contribution in [-0.2, 0) is 5.75 Å². The van der Waals surface area contributed by atoms with Crippen LogP contribution in [0.15, 0.2) is 33.1 Å². The molecule has 0 aliphatic rings. The van der Waals surface area contributed by atoms with E-state index in [0.717, 1.165) is 21.6 Å². The molecule has 0 saturated heterocycles. The van der Waals surface area contributed by atoms with Gasteiger partial charge in [0.1, 0.15) is 0 Å². The van der Waals surface area contributed by atoms with Crippen LogP contribution in [0.5, 0.6) is 0 Å². The van der Waals surface area contributed by atoms with E-state index in [9.17, 15) is 0 Å². The quantitative estimate of drug-likeness (QED) is 0.624. The van der Waals surface area contributed by atoms with E-state index >= 15 is 0 Å². The van der Waals surface area contributed by atoms with E-state index < -0.39 is 0 Å². The molecular weight excluding hydrogens is 342 g/mol. The van der Waals surface area contributed by atoms with Crippen molar-refractivity contribution in [3.63, 3.8) is 0 Å². The third-order valence-corrected chi connectivity index (χ3v) is 5.36. The van der Waals surface area contributed by atoms with Crippen LogP contribution < -0.4 is 5.32 Å². The molecule has 24 heavy (non-hydrogen) atoms. The highest BCUT2D eigenvalue weighted by Gasteiger charge is 2.11. The lowest BCUT2D eigenvalue weighted by atomic mass is 10.0. The molecule has 0 aliphatic heterocycles. The van der Waals surface area contributed by atoms with E-state index in [0.29, 0.717) is 23.4 Å². The van der Waals surface area contributed by atoms with Crippen molar-refractivity contribution in [1.29, 1.82) is 0 Å². The second kappa shape index (κ2) is 7.76. The fraction of sp³-hybridized carbons (Fsp3) is 0.375. The zero-order valence-electron chi connectivity index (χ0n) is 13.8. The molecule has 3 rings (SSSR count). The minimum absolute atomic E-state index is 0.510. The van der Waals surface area contributed by atoms with Gasteiger partial charge in [0.15, 0.2) is 4.34 Å². The zero-order chi connectivity index (χ0) is 16.9. The summed E-state index contributed by atoms with van der Waals surface area (Å²) >= 11 is 3.07. The largest absolute Gasteiger partial charge is 0.360 e. The summed E-state index contributed by atoms with van der Waals surface area (Å²) in [5.41, 5.74) is 2.26. The molecule has 1 N–H and O–H groups in total. The van der Waals surface area contributed by atoms with Crippen LogP contribution >= 0.6 is 23.1 Å². The summed E-state index contributed by atoms with van der Waals surface area (Å²) < 4.78 is 6.21. The van der Waals surface area contributed by atoms with Crippen molar-refractivity contribution in [1.82, 2.24) is 20.3 Å². The predicted molar refractivity (Wildman–Crippen MR) is 97.5 cm³/mol. The first kappa shape index (κ1) is 16.9. The van der Waals surface area contributed by atoms with Crippen molar-refractivity contribution in [3.8, 4) is 11.4 Å². The van der Waals surface area contributed by atoms with Crippen LogP contribution in [0.3, 0.4) is 0 Å². The van der Waals surface area contributed by atoms with Crippen LogP contribution in [-0.4, -0.2) is 26.9 Å². The van der Waals surface area contributed by atoms with E-state index in [2.05, 4.69) is 51.6 Å². The molecule has 0 spiro atoms. The molecule has 0 amide bonds. The Balaban J connectivity index is 1.62. The molecule has 0 atom stereocenters. The molecule has 1 aromatic carbocycles. The van der Waals surface area contributed by atoms with Crippen LogP contribution in [0.4, 0.5) is 5.13 Å². The van der Waals surface area contributed by atoms with Crippen molar-refractivity contribution in [3.05, 3.63) is 35.7 Å². The summed E-state index contributed by atoms with van der Waals surface area (Å²) in [6, 6.07) is 8.28. The maximum Gasteiger partial charge on any atom is 0.237 e. The zero-order valence-corrected chi connectivity index (χ0v) is 15.4. The number of benzene rings is 1. The summed E-state index contributed by atoms with van der Waals surface area (Å²) in [7, 11) is 0. The maximum atomic E-state index is 5.33. The second-order valence-corrected chi connectivity index (χ2v) is 7.68. The first-order valence-corrected chi connectivity index (χ1v) is 9.59. The molecule has 6 nitrogen and oxygen atoms in total.